The Morgan fingerprint density at radius 1 is 1.56 bits per heavy atom. The molecule has 1 aromatic rings. The summed E-state index contributed by atoms with van der Waals surface area (Å²) in [6.45, 7) is 0.482. The second-order valence-electron chi connectivity index (χ2n) is 3.15. The number of benzene rings is 1. The van der Waals surface area contributed by atoms with Gasteiger partial charge in [-0.3, -0.25) is 4.79 Å². The minimum absolute atomic E-state index is 0.0417. The number of amides is 1. The highest BCUT2D eigenvalue weighted by molar-refractivity contribution is 6.30. The Morgan fingerprint density at radius 3 is 2.94 bits per heavy atom. The van der Waals surface area contributed by atoms with E-state index < -0.39 is 0 Å². The molecule has 84 valence electrons. The van der Waals surface area contributed by atoms with Crippen LogP contribution in [0, 0.1) is 11.3 Å². The van der Waals surface area contributed by atoms with Crippen molar-refractivity contribution in [3.05, 3.63) is 28.8 Å². The molecule has 0 saturated carbocycles. The number of nitrogens with one attached hydrogen (secondary N) is 2. The second kappa shape index (κ2) is 5.99. The van der Waals surface area contributed by atoms with Gasteiger partial charge in [0.05, 0.1) is 11.3 Å². The average molecular weight is 238 g/mol. The highest BCUT2D eigenvalue weighted by atomic mass is 35.5. The molecule has 5 heteroatoms. The van der Waals surface area contributed by atoms with Gasteiger partial charge in [-0.2, -0.15) is 5.26 Å². The van der Waals surface area contributed by atoms with Gasteiger partial charge < -0.3 is 10.6 Å². The van der Waals surface area contributed by atoms with Crippen LogP contribution in [0.1, 0.15) is 12.0 Å². The van der Waals surface area contributed by atoms with E-state index >= 15 is 0 Å². The predicted molar refractivity (Wildman–Crippen MR) is 63.3 cm³/mol. The zero-order chi connectivity index (χ0) is 12.0. The molecule has 1 aromatic carbocycles. The maximum Gasteiger partial charge on any atom is 0.221 e. The van der Waals surface area contributed by atoms with Crippen LogP contribution in [0.25, 0.3) is 0 Å². The summed E-state index contributed by atoms with van der Waals surface area (Å²) in [4.78, 5) is 11.0. The molecule has 1 amide bonds. The van der Waals surface area contributed by atoms with Gasteiger partial charge in [0.25, 0.3) is 0 Å². The van der Waals surface area contributed by atoms with E-state index in [0.717, 1.165) is 0 Å². The fraction of sp³-hybridized carbons (Fsp3) is 0.273. The quantitative estimate of drug-likeness (QED) is 0.839. The number of halogens is 1. The summed E-state index contributed by atoms with van der Waals surface area (Å²) in [5, 5.41) is 14.9. The Balaban J connectivity index is 2.61. The first-order valence-corrected chi connectivity index (χ1v) is 5.19. The van der Waals surface area contributed by atoms with Crippen molar-refractivity contribution in [2.45, 2.75) is 6.42 Å². The monoisotopic (exact) mass is 237 g/mol. The zero-order valence-corrected chi connectivity index (χ0v) is 9.64. The van der Waals surface area contributed by atoms with Gasteiger partial charge in [-0.25, -0.2) is 0 Å². The van der Waals surface area contributed by atoms with Crippen molar-refractivity contribution in [1.82, 2.24) is 5.32 Å². The number of nitriles is 1. The molecule has 0 heterocycles. The molecule has 0 aliphatic heterocycles. The lowest BCUT2D eigenvalue weighted by Gasteiger charge is -2.07. The zero-order valence-electron chi connectivity index (χ0n) is 8.88. The summed E-state index contributed by atoms with van der Waals surface area (Å²) < 4.78 is 0. The van der Waals surface area contributed by atoms with Crippen LogP contribution in [0.4, 0.5) is 5.69 Å². The molecule has 0 radical (unpaired) electrons. The van der Waals surface area contributed by atoms with Gasteiger partial charge >= 0.3 is 0 Å². The van der Waals surface area contributed by atoms with Gasteiger partial charge in [-0.15, -0.1) is 0 Å². The van der Waals surface area contributed by atoms with Gasteiger partial charge in [0.2, 0.25) is 5.91 Å². The largest absolute Gasteiger partial charge is 0.383 e. The normalized spacial score (nSPS) is 9.31. The maximum absolute atomic E-state index is 11.0. The standard InChI is InChI=1S/C11H12ClN3O/c1-14-11(16)4-5-15-10-3-2-9(12)6-8(10)7-13/h2-3,6,15H,4-5H2,1H3,(H,14,16). The first-order valence-electron chi connectivity index (χ1n) is 4.81. The van der Waals surface area contributed by atoms with E-state index in [2.05, 4.69) is 10.6 Å². The molecule has 0 spiro atoms. The van der Waals surface area contributed by atoms with E-state index in [0.29, 0.717) is 29.2 Å². The number of nitrogens with zero attached hydrogens (tertiary/aromatic N) is 1. The lowest BCUT2D eigenvalue weighted by Crippen LogP contribution is -2.20. The summed E-state index contributed by atoms with van der Waals surface area (Å²) in [7, 11) is 1.59. The molecule has 1 rings (SSSR count). The molecule has 0 unspecified atom stereocenters. The van der Waals surface area contributed by atoms with Crippen molar-refractivity contribution in [2.24, 2.45) is 0 Å². The third-order valence-corrected chi connectivity index (χ3v) is 2.28. The Kier molecular flexibility index (Phi) is 4.62. The summed E-state index contributed by atoms with van der Waals surface area (Å²) in [6.07, 6.45) is 0.365. The van der Waals surface area contributed by atoms with E-state index in [1.807, 2.05) is 6.07 Å². The van der Waals surface area contributed by atoms with Gasteiger partial charge in [0, 0.05) is 25.0 Å². The Labute approximate surface area is 99.2 Å². The molecular formula is C11H12ClN3O. The first kappa shape index (κ1) is 12.3. The molecule has 0 aliphatic rings. The molecule has 2 N–H and O–H groups in total. The van der Waals surface area contributed by atoms with Crippen molar-refractivity contribution in [2.75, 3.05) is 18.9 Å². The topological polar surface area (TPSA) is 64.9 Å². The molecule has 16 heavy (non-hydrogen) atoms. The highest BCUT2D eigenvalue weighted by Crippen LogP contribution is 2.19. The van der Waals surface area contributed by atoms with Gasteiger partial charge in [-0.1, -0.05) is 11.6 Å². The van der Waals surface area contributed by atoms with Crippen LogP contribution < -0.4 is 10.6 Å². The fourth-order valence-corrected chi connectivity index (χ4v) is 1.37. The molecule has 0 aliphatic carbocycles. The van der Waals surface area contributed by atoms with Gasteiger partial charge in [-0.05, 0) is 18.2 Å². The smallest absolute Gasteiger partial charge is 0.221 e. The van der Waals surface area contributed by atoms with Crippen LogP contribution >= 0.6 is 11.6 Å². The Morgan fingerprint density at radius 2 is 2.31 bits per heavy atom. The van der Waals surface area contributed by atoms with Crippen LogP contribution in [0.5, 0.6) is 0 Å². The number of rotatable bonds is 4. The highest BCUT2D eigenvalue weighted by Gasteiger charge is 2.03. The number of hydrogen-bond acceptors (Lipinski definition) is 3. The minimum atomic E-state index is -0.0417. The molecular weight excluding hydrogens is 226 g/mol. The average Bonchev–Trinajstić information content (AvgIpc) is 2.30. The maximum atomic E-state index is 11.0. The van der Waals surface area contributed by atoms with Crippen molar-refractivity contribution in [3.8, 4) is 6.07 Å². The van der Waals surface area contributed by atoms with Crippen LogP contribution in [0.2, 0.25) is 5.02 Å². The van der Waals surface area contributed by atoms with E-state index in [9.17, 15) is 4.79 Å². The number of carbonyl (C=O) groups is 1. The van der Waals surface area contributed by atoms with Gasteiger partial charge in [0.15, 0.2) is 0 Å². The second-order valence-corrected chi connectivity index (χ2v) is 3.59. The van der Waals surface area contributed by atoms with Crippen LogP contribution in [-0.4, -0.2) is 19.5 Å². The van der Waals surface area contributed by atoms with Crippen LogP contribution in [-0.2, 0) is 4.79 Å². The lowest BCUT2D eigenvalue weighted by molar-refractivity contribution is -0.120. The van der Waals surface area contributed by atoms with Crippen LogP contribution in [0.15, 0.2) is 18.2 Å². The minimum Gasteiger partial charge on any atom is -0.383 e. The van der Waals surface area contributed by atoms with E-state index in [4.69, 9.17) is 16.9 Å². The van der Waals surface area contributed by atoms with E-state index in [-0.39, 0.29) is 5.91 Å². The Hall–Kier alpha value is -1.73. The summed E-state index contributed by atoms with van der Waals surface area (Å²) in [6, 6.07) is 7.05. The predicted octanol–water partition coefficient (Wildman–Crippen LogP) is 1.76. The van der Waals surface area contributed by atoms with Gasteiger partial charge in [0.1, 0.15) is 6.07 Å². The number of carbonyl (C=O) groups excluding carboxylic acids is 1. The molecule has 0 fully saturated rings. The summed E-state index contributed by atoms with van der Waals surface area (Å²) >= 11 is 5.76. The molecule has 0 bridgehead atoms. The molecule has 0 saturated heterocycles. The van der Waals surface area contributed by atoms with Crippen molar-refractivity contribution in [1.29, 1.82) is 5.26 Å². The molecule has 4 nitrogen and oxygen atoms in total. The number of anilines is 1. The van der Waals surface area contributed by atoms with E-state index in [1.54, 1.807) is 25.2 Å². The lowest BCUT2D eigenvalue weighted by atomic mass is 10.2. The summed E-state index contributed by atoms with van der Waals surface area (Å²) in [5.41, 5.74) is 1.17. The van der Waals surface area contributed by atoms with Crippen LogP contribution in [0.3, 0.4) is 0 Å². The third-order valence-electron chi connectivity index (χ3n) is 2.05. The number of hydrogen-bond donors (Lipinski definition) is 2. The first-order chi connectivity index (χ1) is 7.67. The van der Waals surface area contributed by atoms with Crippen molar-refractivity contribution < 1.29 is 4.79 Å². The summed E-state index contributed by atoms with van der Waals surface area (Å²) in [5.74, 6) is -0.0417. The molecule has 0 aromatic heterocycles. The molecule has 0 atom stereocenters. The fourth-order valence-electron chi connectivity index (χ4n) is 1.20. The Bertz CT molecular complexity index is 426. The van der Waals surface area contributed by atoms with Crippen molar-refractivity contribution >= 4 is 23.2 Å². The third kappa shape index (κ3) is 3.44. The van der Waals surface area contributed by atoms with E-state index in [1.165, 1.54) is 0 Å². The SMILES string of the molecule is CNC(=O)CCNc1ccc(Cl)cc1C#N. The van der Waals surface area contributed by atoms with Crippen molar-refractivity contribution in [3.63, 3.8) is 0 Å².